The van der Waals surface area contributed by atoms with Crippen LogP contribution in [0.5, 0.6) is 0 Å². The van der Waals surface area contributed by atoms with Gasteiger partial charge in [0.05, 0.1) is 16.4 Å². The van der Waals surface area contributed by atoms with Crippen molar-refractivity contribution >= 4 is 33.5 Å². The van der Waals surface area contributed by atoms with E-state index in [0.717, 1.165) is 4.47 Å². The van der Waals surface area contributed by atoms with Crippen LogP contribution < -0.4 is 0 Å². The number of thioether (sulfide) groups is 1. The number of hydrogen-bond acceptors (Lipinski definition) is 3. The number of rotatable bonds is 4. The first-order valence-electron chi connectivity index (χ1n) is 6.01. The third-order valence-electron chi connectivity index (χ3n) is 3.16. The van der Waals surface area contributed by atoms with Crippen LogP contribution in [-0.2, 0) is 7.05 Å². The summed E-state index contributed by atoms with van der Waals surface area (Å²) in [4.78, 5) is 12.1. The monoisotopic (exact) mass is 316 g/mol. The van der Waals surface area contributed by atoms with Gasteiger partial charge in [-0.15, -0.1) is 0 Å². The highest BCUT2D eigenvalue weighted by Gasteiger charge is 2.19. The molecule has 5 heteroatoms. The van der Waals surface area contributed by atoms with Gasteiger partial charge >= 0.3 is 0 Å². The molecule has 0 N–H and O–H groups in total. The maximum Gasteiger partial charge on any atom is 0.191 e. The van der Waals surface area contributed by atoms with E-state index < -0.39 is 0 Å². The van der Waals surface area contributed by atoms with Crippen molar-refractivity contribution in [3.8, 4) is 0 Å². The zero-order valence-electron chi connectivity index (χ0n) is 9.99. The van der Waals surface area contributed by atoms with Crippen LogP contribution in [0, 0.1) is 0 Å². The lowest BCUT2D eigenvalue weighted by Gasteiger charge is -2.20. The summed E-state index contributed by atoms with van der Waals surface area (Å²) in [6.45, 7) is 0. The molecular weight excluding hydrogens is 300 g/mol. The van der Waals surface area contributed by atoms with Gasteiger partial charge in [0.15, 0.2) is 5.78 Å². The molecule has 1 aliphatic rings. The van der Waals surface area contributed by atoms with Crippen LogP contribution in [0.3, 0.4) is 0 Å². The molecule has 2 rings (SSSR count). The highest BCUT2D eigenvalue weighted by molar-refractivity contribution is 9.10. The van der Waals surface area contributed by atoms with E-state index in [1.54, 1.807) is 10.9 Å². The lowest BCUT2D eigenvalue weighted by molar-refractivity contribution is 0.101. The summed E-state index contributed by atoms with van der Waals surface area (Å²) < 4.78 is 2.45. The molecule has 1 aliphatic carbocycles. The van der Waals surface area contributed by atoms with Crippen LogP contribution in [0.1, 0.15) is 42.6 Å². The van der Waals surface area contributed by atoms with E-state index >= 15 is 0 Å². The molecule has 0 amide bonds. The first-order chi connectivity index (χ1) is 8.18. The van der Waals surface area contributed by atoms with Crippen molar-refractivity contribution in [3.63, 3.8) is 0 Å². The minimum atomic E-state index is 0.174. The Kier molecular flexibility index (Phi) is 4.68. The highest BCUT2D eigenvalue weighted by Crippen LogP contribution is 2.29. The highest BCUT2D eigenvalue weighted by atomic mass is 79.9. The van der Waals surface area contributed by atoms with Crippen molar-refractivity contribution < 1.29 is 4.79 Å². The first kappa shape index (κ1) is 13.1. The average molecular weight is 317 g/mol. The molecule has 1 fully saturated rings. The van der Waals surface area contributed by atoms with E-state index in [0.29, 0.717) is 16.7 Å². The van der Waals surface area contributed by atoms with Gasteiger partial charge in [0.25, 0.3) is 0 Å². The van der Waals surface area contributed by atoms with Gasteiger partial charge in [0.1, 0.15) is 5.69 Å². The molecule has 1 aromatic heterocycles. The fourth-order valence-corrected chi connectivity index (χ4v) is 3.98. The largest absolute Gasteiger partial charge is 0.291 e. The van der Waals surface area contributed by atoms with Gasteiger partial charge in [-0.1, -0.05) is 19.3 Å². The second-order valence-electron chi connectivity index (χ2n) is 4.46. The van der Waals surface area contributed by atoms with Gasteiger partial charge in [-0.2, -0.15) is 16.9 Å². The van der Waals surface area contributed by atoms with E-state index in [2.05, 4.69) is 21.0 Å². The van der Waals surface area contributed by atoms with E-state index in [-0.39, 0.29) is 5.78 Å². The van der Waals surface area contributed by atoms with Crippen molar-refractivity contribution in [2.75, 3.05) is 5.75 Å². The van der Waals surface area contributed by atoms with Crippen molar-refractivity contribution in [1.82, 2.24) is 9.78 Å². The predicted molar refractivity (Wildman–Crippen MR) is 74.6 cm³/mol. The SMILES string of the molecule is Cn1ncc(Br)c1C(=O)CSC1CCCCC1. The standard InChI is InChI=1S/C12H17BrN2OS/c1-15-12(10(13)7-14-15)11(16)8-17-9-5-3-2-4-6-9/h7,9H,2-6,8H2,1H3. The maximum atomic E-state index is 12.1. The lowest BCUT2D eigenvalue weighted by atomic mass is 10.0. The Morgan fingerprint density at radius 3 is 2.82 bits per heavy atom. The Labute approximate surface area is 114 Å². The summed E-state index contributed by atoms with van der Waals surface area (Å²) >= 11 is 5.18. The Morgan fingerprint density at radius 2 is 2.24 bits per heavy atom. The van der Waals surface area contributed by atoms with Crippen molar-refractivity contribution in [3.05, 3.63) is 16.4 Å². The summed E-state index contributed by atoms with van der Waals surface area (Å²) in [6.07, 6.45) is 8.22. The summed E-state index contributed by atoms with van der Waals surface area (Å²) in [7, 11) is 1.81. The van der Waals surface area contributed by atoms with Crippen LogP contribution in [0.15, 0.2) is 10.7 Å². The molecule has 1 aromatic rings. The molecule has 0 spiro atoms. The molecule has 1 heterocycles. The Balaban J connectivity index is 1.89. The predicted octanol–water partition coefficient (Wildman–Crippen LogP) is 3.43. The third kappa shape index (κ3) is 3.35. The normalized spacial score (nSPS) is 17.3. The minimum Gasteiger partial charge on any atom is -0.291 e. The van der Waals surface area contributed by atoms with Gasteiger partial charge in [-0.25, -0.2) is 0 Å². The van der Waals surface area contributed by atoms with Crippen LogP contribution in [0.25, 0.3) is 0 Å². The number of aryl methyl sites for hydroxylation is 1. The van der Waals surface area contributed by atoms with Gasteiger partial charge in [-0.05, 0) is 28.8 Å². The molecular formula is C12H17BrN2OS. The number of Topliss-reactive ketones (excluding diaryl/α,β-unsaturated/α-hetero) is 1. The minimum absolute atomic E-state index is 0.174. The number of aromatic nitrogens is 2. The van der Waals surface area contributed by atoms with Crippen molar-refractivity contribution in [1.29, 1.82) is 0 Å². The topological polar surface area (TPSA) is 34.9 Å². The summed E-state index contributed by atoms with van der Waals surface area (Å²) in [5.74, 6) is 0.746. The number of carbonyl (C=O) groups excluding carboxylic acids is 1. The van der Waals surface area contributed by atoms with Gasteiger partial charge < -0.3 is 0 Å². The number of ketones is 1. The molecule has 0 atom stereocenters. The van der Waals surface area contributed by atoms with Gasteiger partial charge in [-0.3, -0.25) is 9.48 Å². The smallest absolute Gasteiger partial charge is 0.191 e. The molecule has 3 nitrogen and oxygen atoms in total. The van der Waals surface area contributed by atoms with E-state index in [9.17, 15) is 4.79 Å². The maximum absolute atomic E-state index is 12.1. The van der Waals surface area contributed by atoms with Crippen LogP contribution >= 0.6 is 27.7 Å². The van der Waals surface area contributed by atoms with Crippen LogP contribution in [-0.4, -0.2) is 26.6 Å². The zero-order chi connectivity index (χ0) is 12.3. The number of carbonyl (C=O) groups is 1. The van der Waals surface area contributed by atoms with E-state index in [1.807, 2.05) is 18.8 Å². The fourth-order valence-electron chi connectivity index (χ4n) is 2.22. The molecule has 0 bridgehead atoms. The molecule has 94 valence electrons. The second-order valence-corrected chi connectivity index (χ2v) is 6.60. The second kappa shape index (κ2) is 6.05. The van der Waals surface area contributed by atoms with Gasteiger partial charge in [0.2, 0.25) is 0 Å². The number of hydrogen-bond donors (Lipinski definition) is 0. The average Bonchev–Trinajstić information content (AvgIpc) is 2.67. The lowest BCUT2D eigenvalue weighted by Crippen LogP contribution is -2.14. The quantitative estimate of drug-likeness (QED) is 0.798. The molecule has 0 aliphatic heterocycles. The molecule has 0 radical (unpaired) electrons. The fraction of sp³-hybridized carbons (Fsp3) is 0.667. The first-order valence-corrected chi connectivity index (χ1v) is 7.85. The number of halogens is 1. The molecule has 0 unspecified atom stereocenters. The van der Waals surface area contributed by atoms with E-state index in [1.165, 1.54) is 32.1 Å². The van der Waals surface area contributed by atoms with Crippen LogP contribution in [0.4, 0.5) is 0 Å². The third-order valence-corrected chi connectivity index (χ3v) is 5.11. The number of nitrogens with zero attached hydrogens (tertiary/aromatic N) is 2. The van der Waals surface area contributed by atoms with Crippen molar-refractivity contribution in [2.45, 2.75) is 37.4 Å². The summed E-state index contributed by atoms with van der Waals surface area (Å²) in [6, 6.07) is 0. The Morgan fingerprint density at radius 1 is 1.53 bits per heavy atom. The Hall–Kier alpha value is -0.290. The van der Waals surface area contributed by atoms with Crippen molar-refractivity contribution in [2.24, 2.45) is 7.05 Å². The zero-order valence-corrected chi connectivity index (χ0v) is 12.4. The molecule has 17 heavy (non-hydrogen) atoms. The van der Waals surface area contributed by atoms with Gasteiger partial charge in [0, 0.05) is 12.3 Å². The summed E-state index contributed by atoms with van der Waals surface area (Å²) in [5, 5.41) is 4.75. The molecule has 0 aromatic carbocycles. The summed E-state index contributed by atoms with van der Waals surface area (Å²) in [5.41, 5.74) is 0.688. The molecule has 0 saturated heterocycles. The Bertz CT molecular complexity index is 380. The van der Waals surface area contributed by atoms with E-state index in [4.69, 9.17) is 0 Å². The molecule has 1 saturated carbocycles. The van der Waals surface area contributed by atoms with Crippen LogP contribution in [0.2, 0.25) is 0 Å².